The van der Waals surface area contributed by atoms with E-state index in [9.17, 15) is 22.7 Å². The molecular formula is C18H21FN2O4S. The minimum atomic E-state index is -3.85. The molecule has 1 amide bonds. The van der Waals surface area contributed by atoms with Crippen LogP contribution in [0.2, 0.25) is 0 Å². The van der Waals surface area contributed by atoms with Gasteiger partial charge in [-0.05, 0) is 41.8 Å². The first-order valence-corrected chi connectivity index (χ1v) is 9.60. The number of rotatable bonds is 7. The molecule has 2 unspecified atom stereocenters. The lowest BCUT2D eigenvalue weighted by atomic mass is 9.97. The molecule has 2 rings (SSSR count). The molecule has 140 valence electrons. The fourth-order valence-corrected chi connectivity index (χ4v) is 3.21. The van der Waals surface area contributed by atoms with Gasteiger partial charge in [0.05, 0.1) is 23.5 Å². The van der Waals surface area contributed by atoms with Gasteiger partial charge in [0.15, 0.2) is 0 Å². The van der Waals surface area contributed by atoms with Gasteiger partial charge in [0.25, 0.3) is 0 Å². The lowest BCUT2D eigenvalue weighted by molar-refractivity contribution is -0.124. The van der Waals surface area contributed by atoms with E-state index in [4.69, 9.17) is 5.14 Å². The number of benzene rings is 2. The number of sulfonamides is 1. The van der Waals surface area contributed by atoms with E-state index in [0.717, 1.165) is 0 Å². The second-order valence-electron chi connectivity index (χ2n) is 5.87. The van der Waals surface area contributed by atoms with Crippen molar-refractivity contribution in [3.8, 4) is 0 Å². The van der Waals surface area contributed by atoms with Crippen LogP contribution in [-0.4, -0.2) is 26.0 Å². The average molecular weight is 380 g/mol. The molecule has 0 saturated heterocycles. The van der Waals surface area contributed by atoms with Crippen molar-refractivity contribution in [1.82, 2.24) is 5.32 Å². The third kappa shape index (κ3) is 4.87. The number of hydrogen-bond acceptors (Lipinski definition) is 4. The van der Waals surface area contributed by atoms with E-state index >= 15 is 0 Å². The highest BCUT2D eigenvalue weighted by Crippen LogP contribution is 2.22. The number of aliphatic hydroxyl groups is 1. The standard InChI is InChI=1S/C18H21FN2O4S/c1-2-17(13-4-3-5-15(10-13)26(20,24)25)21-18(23)16(11-22)12-6-8-14(19)9-7-12/h3-10,16-17,22H,2,11H2,1H3,(H,21,23)(H2,20,24,25). The van der Waals surface area contributed by atoms with Gasteiger partial charge in [-0.25, -0.2) is 17.9 Å². The van der Waals surface area contributed by atoms with Crippen LogP contribution in [0, 0.1) is 5.82 Å². The van der Waals surface area contributed by atoms with Crippen LogP contribution in [0.25, 0.3) is 0 Å². The molecule has 0 aromatic heterocycles. The summed E-state index contributed by atoms with van der Waals surface area (Å²) in [5.74, 6) is -1.73. The maximum absolute atomic E-state index is 13.1. The van der Waals surface area contributed by atoms with E-state index < -0.39 is 40.3 Å². The highest BCUT2D eigenvalue weighted by molar-refractivity contribution is 7.89. The Bertz CT molecular complexity index is 869. The average Bonchev–Trinajstić information content (AvgIpc) is 2.61. The molecule has 0 saturated carbocycles. The van der Waals surface area contributed by atoms with Crippen LogP contribution >= 0.6 is 0 Å². The van der Waals surface area contributed by atoms with Gasteiger partial charge in [-0.15, -0.1) is 0 Å². The summed E-state index contributed by atoms with van der Waals surface area (Å²) in [4.78, 5) is 12.5. The molecule has 2 aromatic rings. The van der Waals surface area contributed by atoms with Crippen LogP contribution in [0.3, 0.4) is 0 Å². The highest BCUT2D eigenvalue weighted by atomic mass is 32.2. The van der Waals surface area contributed by atoms with Gasteiger partial charge >= 0.3 is 0 Å². The zero-order chi connectivity index (χ0) is 19.3. The zero-order valence-electron chi connectivity index (χ0n) is 14.2. The number of primary sulfonamides is 1. The van der Waals surface area contributed by atoms with E-state index in [1.54, 1.807) is 12.1 Å². The summed E-state index contributed by atoms with van der Waals surface area (Å²) in [6, 6.07) is 10.9. The Morgan fingerprint density at radius 3 is 2.38 bits per heavy atom. The number of nitrogens with one attached hydrogen (secondary N) is 1. The van der Waals surface area contributed by atoms with Crippen molar-refractivity contribution in [3.63, 3.8) is 0 Å². The third-order valence-electron chi connectivity index (χ3n) is 4.09. The third-order valence-corrected chi connectivity index (χ3v) is 5.00. The minimum absolute atomic E-state index is 0.0417. The Labute approximate surface area is 151 Å². The summed E-state index contributed by atoms with van der Waals surface area (Å²) >= 11 is 0. The van der Waals surface area contributed by atoms with Crippen molar-refractivity contribution >= 4 is 15.9 Å². The van der Waals surface area contributed by atoms with Crippen LogP contribution in [0.4, 0.5) is 4.39 Å². The van der Waals surface area contributed by atoms with Crippen molar-refractivity contribution in [1.29, 1.82) is 0 Å². The van der Waals surface area contributed by atoms with Gasteiger partial charge in [-0.1, -0.05) is 31.2 Å². The molecule has 8 heteroatoms. The van der Waals surface area contributed by atoms with E-state index in [2.05, 4.69) is 5.32 Å². The van der Waals surface area contributed by atoms with Crippen molar-refractivity contribution in [2.24, 2.45) is 5.14 Å². The SMILES string of the molecule is CCC(NC(=O)C(CO)c1ccc(F)cc1)c1cccc(S(N)(=O)=O)c1. The summed E-state index contributed by atoms with van der Waals surface area (Å²) in [5, 5.41) is 17.5. The smallest absolute Gasteiger partial charge is 0.238 e. The van der Waals surface area contributed by atoms with Gasteiger partial charge in [-0.3, -0.25) is 4.79 Å². The fourth-order valence-electron chi connectivity index (χ4n) is 2.64. The lowest BCUT2D eigenvalue weighted by Crippen LogP contribution is -2.34. The number of amides is 1. The van der Waals surface area contributed by atoms with Crippen LogP contribution in [0.5, 0.6) is 0 Å². The van der Waals surface area contributed by atoms with Crippen molar-refractivity contribution in [2.45, 2.75) is 30.2 Å². The van der Waals surface area contributed by atoms with Gasteiger partial charge in [0, 0.05) is 0 Å². The highest BCUT2D eigenvalue weighted by Gasteiger charge is 2.23. The first-order valence-electron chi connectivity index (χ1n) is 8.05. The molecule has 0 aliphatic carbocycles. The van der Waals surface area contributed by atoms with Gasteiger partial charge in [-0.2, -0.15) is 0 Å². The predicted octanol–water partition coefficient (Wildman–Crippen LogP) is 1.82. The van der Waals surface area contributed by atoms with E-state index in [1.807, 2.05) is 6.92 Å². The van der Waals surface area contributed by atoms with Crippen molar-refractivity contribution in [3.05, 3.63) is 65.5 Å². The summed E-state index contributed by atoms with van der Waals surface area (Å²) in [6.07, 6.45) is 0.501. The molecule has 0 radical (unpaired) electrons. The van der Waals surface area contributed by atoms with Gasteiger partial charge in [0.1, 0.15) is 5.82 Å². The molecule has 4 N–H and O–H groups in total. The monoisotopic (exact) mass is 380 g/mol. The van der Waals surface area contributed by atoms with Crippen molar-refractivity contribution < 1.29 is 22.7 Å². The van der Waals surface area contributed by atoms with Gasteiger partial charge in [0.2, 0.25) is 15.9 Å². The maximum Gasteiger partial charge on any atom is 0.238 e. The second kappa shape index (κ2) is 8.39. The molecule has 0 heterocycles. The molecule has 0 aliphatic rings. The normalized spacial score (nSPS) is 13.8. The zero-order valence-corrected chi connectivity index (χ0v) is 15.0. The molecule has 0 fully saturated rings. The van der Waals surface area contributed by atoms with E-state index in [1.165, 1.54) is 36.4 Å². The fraction of sp³-hybridized carbons (Fsp3) is 0.278. The van der Waals surface area contributed by atoms with E-state index in [-0.39, 0.29) is 4.90 Å². The topological polar surface area (TPSA) is 109 Å². The number of nitrogens with two attached hydrogens (primary N) is 1. The van der Waals surface area contributed by atoms with Crippen LogP contribution in [0.1, 0.15) is 36.4 Å². The molecule has 0 spiro atoms. The Kier molecular flexibility index (Phi) is 6.47. The predicted molar refractivity (Wildman–Crippen MR) is 95.2 cm³/mol. The summed E-state index contributed by atoms with van der Waals surface area (Å²) in [7, 11) is -3.85. The number of halogens is 1. The Morgan fingerprint density at radius 1 is 1.19 bits per heavy atom. The van der Waals surface area contributed by atoms with Crippen LogP contribution < -0.4 is 10.5 Å². The molecule has 0 aliphatic heterocycles. The Morgan fingerprint density at radius 2 is 1.85 bits per heavy atom. The maximum atomic E-state index is 13.1. The number of carbonyl (C=O) groups is 1. The molecule has 2 atom stereocenters. The van der Waals surface area contributed by atoms with Crippen molar-refractivity contribution in [2.75, 3.05) is 6.61 Å². The number of hydrogen-bond donors (Lipinski definition) is 3. The Hall–Kier alpha value is -2.29. The van der Waals surface area contributed by atoms with Crippen LogP contribution in [-0.2, 0) is 14.8 Å². The molecule has 26 heavy (non-hydrogen) atoms. The summed E-state index contributed by atoms with van der Waals surface area (Å²) < 4.78 is 36.1. The lowest BCUT2D eigenvalue weighted by Gasteiger charge is -2.22. The number of aliphatic hydroxyl groups excluding tert-OH is 1. The Balaban J connectivity index is 2.23. The first-order chi connectivity index (χ1) is 12.3. The summed E-state index contributed by atoms with van der Waals surface area (Å²) in [5.41, 5.74) is 1.07. The molecule has 0 bridgehead atoms. The quantitative estimate of drug-likeness (QED) is 0.680. The first kappa shape index (κ1) is 20.0. The van der Waals surface area contributed by atoms with Gasteiger partial charge < -0.3 is 10.4 Å². The molecule has 2 aromatic carbocycles. The van der Waals surface area contributed by atoms with Crippen LogP contribution in [0.15, 0.2) is 53.4 Å². The van der Waals surface area contributed by atoms with E-state index in [0.29, 0.717) is 17.5 Å². The molecule has 6 nitrogen and oxygen atoms in total. The largest absolute Gasteiger partial charge is 0.395 e. The summed E-state index contributed by atoms with van der Waals surface area (Å²) in [6.45, 7) is 1.39. The molecular weight excluding hydrogens is 359 g/mol. The minimum Gasteiger partial charge on any atom is -0.395 e. The second-order valence-corrected chi connectivity index (χ2v) is 7.44. The number of carbonyl (C=O) groups excluding carboxylic acids is 1.